The van der Waals surface area contributed by atoms with Crippen molar-refractivity contribution in [3.63, 3.8) is 0 Å². The molecule has 2 heterocycles. The minimum Gasteiger partial charge on any atom is -0.481 e. The number of hydrogen-bond donors (Lipinski definition) is 2. The Morgan fingerprint density at radius 2 is 1.78 bits per heavy atom. The number of pyridine rings is 2. The van der Waals surface area contributed by atoms with Crippen LogP contribution in [0.4, 0.5) is 0 Å². The second-order valence-electron chi connectivity index (χ2n) is 6.18. The third-order valence-corrected chi connectivity index (χ3v) is 4.26. The summed E-state index contributed by atoms with van der Waals surface area (Å²) >= 11 is 0. The van der Waals surface area contributed by atoms with Crippen LogP contribution in [0.3, 0.4) is 0 Å². The van der Waals surface area contributed by atoms with Crippen molar-refractivity contribution >= 4 is 11.9 Å². The van der Waals surface area contributed by atoms with Crippen molar-refractivity contribution in [1.29, 1.82) is 0 Å². The Kier molecular flexibility index (Phi) is 5.56. The summed E-state index contributed by atoms with van der Waals surface area (Å²) in [6.45, 7) is 1.89. The summed E-state index contributed by atoms with van der Waals surface area (Å²) in [5.41, 5.74) is 3.76. The molecule has 2 N–H and O–H groups in total. The smallest absolute Gasteiger partial charge is 0.305 e. The minimum atomic E-state index is -0.979. The summed E-state index contributed by atoms with van der Waals surface area (Å²) in [6, 6.07) is 12.2. The van der Waals surface area contributed by atoms with Gasteiger partial charge in [0.15, 0.2) is 0 Å². The standard InChI is InChI=1S/C21H19N3O3/c1-14-4-2-3-5-18(14)19(11-20(25)26)24-21(27)17-10-16(12-23-13-17)15-6-8-22-9-7-15/h2-10,12-13,19H,11H2,1H3,(H,24,27)(H,25,26)/t19-/m0/s1. The number of benzene rings is 1. The molecule has 0 aliphatic carbocycles. The van der Waals surface area contributed by atoms with Crippen LogP contribution in [0, 0.1) is 6.92 Å². The molecule has 3 rings (SSSR count). The van der Waals surface area contributed by atoms with E-state index in [9.17, 15) is 14.7 Å². The van der Waals surface area contributed by atoms with Crippen molar-refractivity contribution in [2.75, 3.05) is 0 Å². The summed E-state index contributed by atoms with van der Waals surface area (Å²) in [4.78, 5) is 32.2. The SMILES string of the molecule is Cc1ccccc1[C@H](CC(=O)O)NC(=O)c1cncc(-c2ccncc2)c1. The third kappa shape index (κ3) is 4.55. The van der Waals surface area contributed by atoms with Crippen molar-refractivity contribution < 1.29 is 14.7 Å². The highest BCUT2D eigenvalue weighted by Crippen LogP contribution is 2.22. The molecule has 1 aromatic carbocycles. The Labute approximate surface area is 156 Å². The number of nitrogens with zero attached hydrogens (tertiary/aromatic N) is 2. The van der Waals surface area contributed by atoms with Gasteiger partial charge >= 0.3 is 5.97 Å². The Morgan fingerprint density at radius 3 is 2.48 bits per heavy atom. The van der Waals surface area contributed by atoms with Crippen LogP contribution in [0.2, 0.25) is 0 Å². The number of hydrogen-bond acceptors (Lipinski definition) is 4. The molecule has 1 atom stereocenters. The second-order valence-corrected chi connectivity index (χ2v) is 6.18. The Morgan fingerprint density at radius 1 is 1.04 bits per heavy atom. The predicted molar refractivity (Wildman–Crippen MR) is 101 cm³/mol. The van der Waals surface area contributed by atoms with E-state index < -0.39 is 12.0 Å². The Balaban J connectivity index is 1.86. The number of aromatic nitrogens is 2. The number of carboxylic acid groups (broad SMARTS) is 1. The molecule has 0 aliphatic rings. The normalized spacial score (nSPS) is 11.6. The fourth-order valence-corrected chi connectivity index (χ4v) is 2.90. The van der Waals surface area contributed by atoms with E-state index in [0.29, 0.717) is 5.56 Å². The number of amides is 1. The number of rotatable bonds is 6. The maximum absolute atomic E-state index is 12.7. The summed E-state index contributed by atoms with van der Waals surface area (Å²) < 4.78 is 0. The van der Waals surface area contributed by atoms with Crippen LogP contribution in [-0.2, 0) is 4.79 Å². The lowest BCUT2D eigenvalue weighted by Crippen LogP contribution is -2.30. The van der Waals surface area contributed by atoms with E-state index in [2.05, 4.69) is 15.3 Å². The number of aryl methyl sites for hydroxylation is 1. The minimum absolute atomic E-state index is 0.200. The third-order valence-electron chi connectivity index (χ3n) is 4.26. The van der Waals surface area contributed by atoms with E-state index in [4.69, 9.17) is 0 Å². The molecule has 6 nitrogen and oxygen atoms in total. The summed E-state index contributed by atoms with van der Waals surface area (Å²) in [5, 5.41) is 12.1. The van der Waals surface area contributed by atoms with Crippen LogP contribution in [0.1, 0.15) is 33.9 Å². The zero-order chi connectivity index (χ0) is 19.2. The van der Waals surface area contributed by atoms with E-state index in [1.54, 1.807) is 24.7 Å². The van der Waals surface area contributed by atoms with Crippen molar-refractivity contribution in [2.24, 2.45) is 0 Å². The monoisotopic (exact) mass is 361 g/mol. The van der Waals surface area contributed by atoms with Gasteiger partial charge in [-0.15, -0.1) is 0 Å². The highest BCUT2D eigenvalue weighted by atomic mass is 16.4. The molecule has 0 saturated carbocycles. The number of carbonyl (C=O) groups is 2. The van der Waals surface area contributed by atoms with Gasteiger partial charge in [-0.1, -0.05) is 24.3 Å². The van der Waals surface area contributed by atoms with E-state index >= 15 is 0 Å². The zero-order valence-electron chi connectivity index (χ0n) is 14.8. The first-order valence-corrected chi connectivity index (χ1v) is 8.48. The second kappa shape index (κ2) is 8.23. The average Bonchev–Trinajstić information content (AvgIpc) is 2.68. The van der Waals surface area contributed by atoms with Gasteiger partial charge in [-0.25, -0.2) is 0 Å². The topological polar surface area (TPSA) is 92.2 Å². The van der Waals surface area contributed by atoms with E-state index in [0.717, 1.165) is 22.3 Å². The average molecular weight is 361 g/mol. The Bertz CT molecular complexity index is 958. The van der Waals surface area contributed by atoms with Gasteiger partial charge in [0.1, 0.15) is 0 Å². The van der Waals surface area contributed by atoms with Gasteiger partial charge in [-0.3, -0.25) is 19.6 Å². The van der Waals surface area contributed by atoms with Crippen LogP contribution in [-0.4, -0.2) is 27.0 Å². The van der Waals surface area contributed by atoms with Gasteiger partial charge < -0.3 is 10.4 Å². The molecule has 0 bridgehead atoms. The van der Waals surface area contributed by atoms with Gasteiger partial charge in [0, 0.05) is 30.4 Å². The van der Waals surface area contributed by atoms with Crippen LogP contribution in [0.25, 0.3) is 11.1 Å². The van der Waals surface area contributed by atoms with E-state index in [1.807, 2.05) is 43.3 Å². The van der Waals surface area contributed by atoms with Crippen LogP contribution < -0.4 is 5.32 Å². The molecule has 2 aromatic heterocycles. The van der Waals surface area contributed by atoms with Gasteiger partial charge in [0.25, 0.3) is 5.91 Å². The Hall–Kier alpha value is -3.54. The summed E-state index contributed by atoms with van der Waals surface area (Å²) in [6.07, 6.45) is 6.28. The van der Waals surface area contributed by atoms with Crippen LogP contribution >= 0.6 is 0 Å². The number of nitrogens with one attached hydrogen (secondary N) is 1. The fraction of sp³-hybridized carbons (Fsp3) is 0.143. The lowest BCUT2D eigenvalue weighted by atomic mass is 9.98. The zero-order valence-corrected chi connectivity index (χ0v) is 14.8. The molecule has 3 aromatic rings. The maximum Gasteiger partial charge on any atom is 0.305 e. The molecular formula is C21H19N3O3. The summed E-state index contributed by atoms with van der Waals surface area (Å²) in [7, 11) is 0. The maximum atomic E-state index is 12.7. The highest BCUT2D eigenvalue weighted by Gasteiger charge is 2.20. The lowest BCUT2D eigenvalue weighted by molar-refractivity contribution is -0.137. The molecule has 1 amide bonds. The molecule has 27 heavy (non-hydrogen) atoms. The molecule has 0 radical (unpaired) electrons. The van der Waals surface area contributed by atoms with Crippen LogP contribution in [0.15, 0.2) is 67.3 Å². The molecule has 136 valence electrons. The highest BCUT2D eigenvalue weighted by molar-refractivity contribution is 5.95. The first kappa shape index (κ1) is 18.3. The van der Waals surface area contributed by atoms with Crippen molar-refractivity contribution in [1.82, 2.24) is 15.3 Å². The summed E-state index contributed by atoms with van der Waals surface area (Å²) in [5.74, 6) is -1.35. The first-order chi connectivity index (χ1) is 13.0. The molecule has 0 saturated heterocycles. The predicted octanol–water partition coefficient (Wildman–Crippen LogP) is 3.40. The molecule has 0 aliphatic heterocycles. The van der Waals surface area contributed by atoms with Crippen molar-refractivity contribution in [2.45, 2.75) is 19.4 Å². The molecule has 0 spiro atoms. The fourth-order valence-electron chi connectivity index (χ4n) is 2.90. The quantitative estimate of drug-likeness (QED) is 0.702. The number of carboxylic acids is 1. The first-order valence-electron chi connectivity index (χ1n) is 8.48. The number of aliphatic carboxylic acids is 1. The molecule has 0 fully saturated rings. The van der Waals surface area contributed by atoms with E-state index in [-0.39, 0.29) is 12.3 Å². The van der Waals surface area contributed by atoms with Gasteiger partial charge in [0.05, 0.1) is 18.0 Å². The van der Waals surface area contributed by atoms with Crippen molar-refractivity contribution in [3.05, 3.63) is 83.9 Å². The molecule has 0 unspecified atom stereocenters. The van der Waals surface area contributed by atoms with Gasteiger partial charge in [-0.2, -0.15) is 0 Å². The number of carbonyl (C=O) groups excluding carboxylic acids is 1. The van der Waals surface area contributed by atoms with E-state index in [1.165, 1.54) is 6.20 Å². The van der Waals surface area contributed by atoms with Crippen molar-refractivity contribution in [3.8, 4) is 11.1 Å². The lowest BCUT2D eigenvalue weighted by Gasteiger charge is -2.19. The largest absolute Gasteiger partial charge is 0.481 e. The van der Waals surface area contributed by atoms with Crippen LogP contribution in [0.5, 0.6) is 0 Å². The van der Waals surface area contributed by atoms with Gasteiger partial charge in [0.2, 0.25) is 0 Å². The molecular weight excluding hydrogens is 342 g/mol. The molecule has 6 heteroatoms. The van der Waals surface area contributed by atoms with Gasteiger partial charge in [-0.05, 0) is 41.8 Å².